The molecule has 3 rings (SSSR count). The molecule has 0 fully saturated rings. The minimum atomic E-state index is -2.86. The SMILES string of the molecule is C=CC(C)(CCCc1ccc(F)c(Oc2ccc(F)cc2)c1)c1ccc(OC(F)F)cc1. The average molecular weight is 444 g/mol. The summed E-state index contributed by atoms with van der Waals surface area (Å²) in [6.07, 6.45) is 4.04. The Morgan fingerprint density at radius 3 is 2.22 bits per heavy atom. The molecule has 0 aromatic heterocycles. The lowest BCUT2D eigenvalue weighted by molar-refractivity contribution is -0.0498. The summed E-state index contributed by atoms with van der Waals surface area (Å²) < 4.78 is 61.9. The van der Waals surface area contributed by atoms with Crippen molar-refractivity contribution >= 4 is 0 Å². The summed E-state index contributed by atoms with van der Waals surface area (Å²) in [5.74, 6) is -0.362. The van der Waals surface area contributed by atoms with E-state index < -0.39 is 18.2 Å². The lowest BCUT2D eigenvalue weighted by atomic mass is 9.78. The average Bonchev–Trinajstić information content (AvgIpc) is 2.77. The number of allylic oxidation sites excluding steroid dienone is 1. The van der Waals surface area contributed by atoms with Crippen molar-refractivity contribution in [3.8, 4) is 17.2 Å². The van der Waals surface area contributed by atoms with Gasteiger partial charge in [0.05, 0.1) is 0 Å². The number of halogens is 4. The summed E-state index contributed by atoms with van der Waals surface area (Å²) in [6, 6.07) is 16.6. The van der Waals surface area contributed by atoms with Crippen LogP contribution < -0.4 is 9.47 Å². The predicted molar refractivity (Wildman–Crippen MR) is 116 cm³/mol. The van der Waals surface area contributed by atoms with Gasteiger partial charge in [0.25, 0.3) is 0 Å². The lowest BCUT2D eigenvalue weighted by Crippen LogP contribution is -2.19. The van der Waals surface area contributed by atoms with E-state index in [4.69, 9.17) is 4.74 Å². The highest BCUT2D eigenvalue weighted by molar-refractivity contribution is 5.36. The summed E-state index contributed by atoms with van der Waals surface area (Å²) >= 11 is 0. The largest absolute Gasteiger partial charge is 0.454 e. The third-order valence-corrected chi connectivity index (χ3v) is 5.39. The molecule has 0 spiro atoms. The van der Waals surface area contributed by atoms with Crippen LogP contribution in [0.15, 0.2) is 79.4 Å². The molecule has 1 atom stereocenters. The van der Waals surface area contributed by atoms with E-state index in [9.17, 15) is 17.6 Å². The molecule has 168 valence electrons. The minimum Gasteiger partial charge on any atom is -0.454 e. The number of hydrogen-bond donors (Lipinski definition) is 0. The van der Waals surface area contributed by atoms with Crippen molar-refractivity contribution in [2.24, 2.45) is 0 Å². The van der Waals surface area contributed by atoms with Gasteiger partial charge in [0, 0.05) is 5.41 Å². The molecule has 0 aliphatic carbocycles. The van der Waals surface area contributed by atoms with Gasteiger partial charge >= 0.3 is 6.61 Å². The van der Waals surface area contributed by atoms with E-state index in [2.05, 4.69) is 11.3 Å². The first kappa shape index (κ1) is 23.4. The van der Waals surface area contributed by atoms with Crippen LogP contribution >= 0.6 is 0 Å². The zero-order valence-electron chi connectivity index (χ0n) is 17.7. The Balaban J connectivity index is 1.64. The van der Waals surface area contributed by atoms with Gasteiger partial charge in [-0.3, -0.25) is 0 Å². The summed E-state index contributed by atoms with van der Waals surface area (Å²) in [6.45, 7) is 3.10. The molecule has 32 heavy (non-hydrogen) atoms. The van der Waals surface area contributed by atoms with Crippen molar-refractivity contribution in [2.75, 3.05) is 0 Å². The monoisotopic (exact) mass is 444 g/mol. The number of hydrogen-bond acceptors (Lipinski definition) is 2. The van der Waals surface area contributed by atoms with Gasteiger partial charge < -0.3 is 9.47 Å². The molecule has 2 nitrogen and oxygen atoms in total. The van der Waals surface area contributed by atoms with E-state index in [-0.39, 0.29) is 16.9 Å². The first-order valence-electron chi connectivity index (χ1n) is 10.2. The van der Waals surface area contributed by atoms with Gasteiger partial charge in [0.2, 0.25) is 0 Å². The Morgan fingerprint density at radius 1 is 0.938 bits per heavy atom. The van der Waals surface area contributed by atoms with E-state index >= 15 is 0 Å². The number of alkyl halides is 2. The van der Waals surface area contributed by atoms with Crippen LogP contribution in [0.1, 0.15) is 30.9 Å². The Morgan fingerprint density at radius 2 is 1.59 bits per heavy atom. The molecule has 3 aromatic rings. The third kappa shape index (κ3) is 6.13. The second-order valence-corrected chi connectivity index (χ2v) is 7.70. The molecular weight excluding hydrogens is 420 g/mol. The van der Waals surface area contributed by atoms with Gasteiger partial charge in [-0.15, -0.1) is 6.58 Å². The van der Waals surface area contributed by atoms with Crippen molar-refractivity contribution in [3.63, 3.8) is 0 Å². The predicted octanol–water partition coefficient (Wildman–Crippen LogP) is 7.83. The van der Waals surface area contributed by atoms with E-state index in [0.29, 0.717) is 12.2 Å². The topological polar surface area (TPSA) is 18.5 Å². The van der Waals surface area contributed by atoms with E-state index in [1.807, 2.05) is 13.0 Å². The molecular formula is C26H24F4O2. The van der Waals surface area contributed by atoms with E-state index in [1.165, 1.54) is 42.5 Å². The fourth-order valence-electron chi connectivity index (χ4n) is 3.45. The van der Waals surface area contributed by atoms with Crippen LogP contribution in [0.4, 0.5) is 17.6 Å². The number of aryl methyl sites for hydroxylation is 1. The zero-order chi connectivity index (χ0) is 23.1. The molecule has 6 heteroatoms. The molecule has 0 saturated carbocycles. The summed E-state index contributed by atoms with van der Waals surface area (Å²) in [5, 5.41) is 0. The molecule has 0 radical (unpaired) electrons. The van der Waals surface area contributed by atoms with Gasteiger partial charge in [-0.25, -0.2) is 8.78 Å². The molecule has 1 unspecified atom stereocenters. The van der Waals surface area contributed by atoms with Crippen LogP contribution in [0, 0.1) is 11.6 Å². The normalized spacial score (nSPS) is 12.9. The third-order valence-electron chi connectivity index (χ3n) is 5.39. The van der Waals surface area contributed by atoms with Gasteiger partial charge in [-0.2, -0.15) is 8.78 Å². The van der Waals surface area contributed by atoms with Crippen LogP contribution in [0.25, 0.3) is 0 Å². The van der Waals surface area contributed by atoms with Crippen molar-refractivity contribution < 1.29 is 27.0 Å². The van der Waals surface area contributed by atoms with Crippen molar-refractivity contribution in [1.82, 2.24) is 0 Å². The van der Waals surface area contributed by atoms with Crippen LogP contribution in [0.5, 0.6) is 17.2 Å². The van der Waals surface area contributed by atoms with E-state index in [1.54, 1.807) is 24.3 Å². The van der Waals surface area contributed by atoms with Crippen LogP contribution in [-0.4, -0.2) is 6.61 Å². The second-order valence-electron chi connectivity index (χ2n) is 7.70. The Bertz CT molecular complexity index is 1030. The summed E-state index contributed by atoms with van der Waals surface area (Å²) in [5.41, 5.74) is 1.47. The van der Waals surface area contributed by atoms with Gasteiger partial charge in [0.15, 0.2) is 11.6 Å². The van der Waals surface area contributed by atoms with Gasteiger partial charge in [-0.05, 0) is 78.9 Å². The minimum absolute atomic E-state index is 0.0789. The highest BCUT2D eigenvalue weighted by Crippen LogP contribution is 2.33. The smallest absolute Gasteiger partial charge is 0.387 e. The number of ether oxygens (including phenoxy) is 2. The molecule has 0 saturated heterocycles. The quantitative estimate of drug-likeness (QED) is 0.234. The molecule has 0 amide bonds. The lowest BCUT2D eigenvalue weighted by Gasteiger charge is -2.27. The first-order valence-corrected chi connectivity index (χ1v) is 10.2. The zero-order valence-corrected chi connectivity index (χ0v) is 17.7. The van der Waals surface area contributed by atoms with E-state index in [0.717, 1.165) is 24.0 Å². The highest BCUT2D eigenvalue weighted by atomic mass is 19.3. The molecule has 0 N–H and O–H groups in total. The standard InChI is InChI=1S/C26H24F4O2/c1-3-26(2,19-7-11-22(12-8-19)32-25(29)30)16-4-5-18-6-15-23(28)24(17-18)31-21-13-9-20(27)10-14-21/h3,6-15,17,25H,1,4-5,16H2,2H3. The highest BCUT2D eigenvalue weighted by Gasteiger charge is 2.22. The van der Waals surface area contributed by atoms with Crippen LogP contribution in [0.2, 0.25) is 0 Å². The Labute approximate surface area is 185 Å². The molecule has 3 aromatic carbocycles. The summed E-state index contributed by atoms with van der Waals surface area (Å²) in [7, 11) is 0. The maximum absolute atomic E-state index is 14.2. The van der Waals surface area contributed by atoms with Crippen molar-refractivity contribution in [3.05, 3.63) is 102 Å². The van der Waals surface area contributed by atoms with Gasteiger partial charge in [-0.1, -0.05) is 31.2 Å². The molecule has 0 bridgehead atoms. The molecule has 0 heterocycles. The van der Waals surface area contributed by atoms with Crippen molar-refractivity contribution in [1.29, 1.82) is 0 Å². The summed E-state index contributed by atoms with van der Waals surface area (Å²) in [4.78, 5) is 0. The fraction of sp³-hybridized carbons (Fsp3) is 0.231. The fourth-order valence-corrected chi connectivity index (χ4v) is 3.45. The second kappa shape index (κ2) is 10.4. The van der Waals surface area contributed by atoms with Crippen LogP contribution in [0.3, 0.4) is 0 Å². The number of rotatable bonds is 10. The first-order chi connectivity index (χ1) is 15.3. The van der Waals surface area contributed by atoms with Crippen molar-refractivity contribution in [2.45, 2.75) is 38.2 Å². The Hall–Kier alpha value is -3.28. The molecule has 0 aliphatic rings. The van der Waals surface area contributed by atoms with Gasteiger partial charge in [0.1, 0.15) is 17.3 Å². The van der Waals surface area contributed by atoms with Crippen LogP contribution in [-0.2, 0) is 11.8 Å². The maximum atomic E-state index is 14.2. The molecule has 0 aliphatic heterocycles. The number of benzene rings is 3. The maximum Gasteiger partial charge on any atom is 0.387 e. The Kier molecular flexibility index (Phi) is 7.57.